The first kappa shape index (κ1) is 25.8. The van der Waals surface area contributed by atoms with Crippen LogP contribution in [0.25, 0.3) is 5.82 Å². The molecule has 2 saturated heterocycles. The fourth-order valence-electron chi connectivity index (χ4n) is 6.03. The third kappa shape index (κ3) is 4.79. The molecule has 0 bridgehead atoms. The normalized spacial score (nSPS) is 19.9. The van der Waals surface area contributed by atoms with Gasteiger partial charge in [0, 0.05) is 42.6 Å². The highest BCUT2D eigenvalue weighted by Gasteiger charge is 2.42. The van der Waals surface area contributed by atoms with Crippen molar-refractivity contribution < 1.29 is 0 Å². The van der Waals surface area contributed by atoms with Crippen LogP contribution in [0.3, 0.4) is 0 Å². The molecule has 1 N–H and O–H groups in total. The van der Waals surface area contributed by atoms with E-state index in [1.165, 1.54) is 18.4 Å². The average molecular weight is 557 g/mol. The minimum Gasteiger partial charge on any atom is -0.370 e. The van der Waals surface area contributed by atoms with E-state index in [-0.39, 0.29) is 12.1 Å². The zero-order valence-corrected chi connectivity index (χ0v) is 24.1. The molecule has 200 valence electrons. The van der Waals surface area contributed by atoms with Gasteiger partial charge in [0.05, 0.1) is 28.5 Å². The quantitative estimate of drug-likeness (QED) is 0.268. The molecular formula is C31H33ClN6S. The van der Waals surface area contributed by atoms with E-state index in [0.717, 1.165) is 58.3 Å². The number of halogens is 1. The zero-order valence-electron chi connectivity index (χ0n) is 22.5. The van der Waals surface area contributed by atoms with E-state index in [2.05, 4.69) is 75.8 Å². The van der Waals surface area contributed by atoms with E-state index < -0.39 is 0 Å². The standard InChI is InChI=1S/C31H33ClN6S/c1-20-12-16-36(17-13-20)27-11-10-23(19-25(27)32)38-30(29(35-31(38)39)26-8-4-6-14-33-26)24-18-21(2)37(22(24)3)28-9-5-7-15-34-28/h4-11,14-15,18-20,29-30H,12-13,16-17H2,1-3H3,(H,35,39). The number of nitrogens with zero attached hydrogens (tertiary/aromatic N) is 5. The molecule has 4 aromatic rings. The predicted molar refractivity (Wildman–Crippen MR) is 163 cm³/mol. The number of hydrogen-bond acceptors (Lipinski definition) is 4. The number of hydrogen-bond donors (Lipinski definition) is 1. The lowest BCUT2D eigenvalue weighted by molar-refractivity contribution is 0.438. The van der Waals surface area contributed by atoms with Gasteiger partial charge in [0.2, 0.25) is 0 Å². The minimum atomic E-state index is -0.126. The Morgan fingerprint density at radius 3 is 2.36 bits per heavy atom. The Hall–Kier alpha value is -3.42. The fraction of sp³-hybridized carbons (Fsp3) is 0.323. The number of aryl methyl sites for hydroxylation is 1. The van der Waals surface area contributed by atoms with Crippen LogP contribution in [-0.2, 0) is 0 Å². The summed E-state index contributed by atoms with van der Waals surface area (Å²) >= 11 is 12.9. The maximum absolute atomic E-state index is 6.96. The Morgan fingerprint density at radius 2 is 1.69 bits per heavy atom. The van der Waals surface area contributed by atoms with Gasteiger partial charge in [-0.2, -0.15) is 0 Å². The van der Waals surface area contributed by atoms with Gasteiger partial charge >= 0.3 is 0 Å². The van der Waals surface area contributed by atoms with Gasteiger partial charge in [-0.05, 0) is 98.9 Å². The van der Waals surface area contributed by atoms with Crippen molar-refractivity contribution in [3.05, 3.63) is 101 Å². The first-order chi connectivity index (χ1) is 18.9. The van der Waals surface area contributed by atoms with Crippen LogP contribution in [0.5, 0.6) is 0 Å². The molecular weight excluding hydrogens is 524 g/mol. The molecule has 39 heavy (non-hydrogen) atoms. The van der Waals surface area contributed by atoms with Crippen LogP contribution in [-0.4, -0.2) is 32.7 Å². The topological polar surface area (TPSA) is 49.2 Å². The summed E-state index contributed by atoms with van der Waals surface area (Å²) < 4.78 is 2.21. The van der Waals surface area contributed by atoms with Crippen LogP contribution >= 0.6 is 23.8 Å². The molecule has 5 heterocycles. The van der Waals surface area contributed by atoms with Crippen molar-refractivity contribution in [2.24, 2.45) is 5.92 Å². The summed E-state index contributed by atoms with van der Waals surface area (Å²) in [6, 6.07) is 20.4. The number of nitrogens with one attached hydrogen (secondary N) is 1. The molecule has 3 aromatic heterocycles. The van der Waals surface area contributed by atoms with E-state index in [9.17, 15) is 0 Å². The first-order valence-corrected chi connectivity index (χ1v) is 14.4. The van der Waals surface area contributed by atoms with Crippen molar-refractivity contribution in [3.63, 3.8) is 0 Å². The van der Waals surface area contributed by atoms with Gasteiger partial charge < -0.3 is 19.7 Å². The fourth-order valence-corrected chi connectivity index (χ4v) is 6.67. The number of benzene rings is 1. The number of pyridine rings is 2. The van der Waals surface area contributed by atoms with E-state index in [0.29, 0.717) is 5.11 Å². The average Bonchev–Trinajstić information content (AvgIpc) is 3.45. The lowest BCUT2D eigenvalue weighted by atomic mass is 9.96. The highest BCUT2D eigenvalue weighted by molar-refractivity contribution is 7.80. The van der Waals surface area contributed by atoms with E-state index in [1.807, 2.05) is 42.7 Å². The van der Waals surface area contributed by atoms with Crippen molar-refractivity contribution in [2.45, 2.75) is 45.7 Å². The summed E-state index contributed by atoms with van der Waals surface area (Å²) in [5.41, 5.74) is 6.42. The third-order valence-electron chi connectivity index (χ3n) is 8.10. The molecule has 0 radical (unpaired) electrons. The molecule has 6 rings (SSSR count). The molecule has 2 aliphatic rings. The Labute approximate surface area is 240 Å². The van der Waals surface area contributed by atoms with E-state index >= 15 is 0 Å². The summed E-state index contributed by atoms with van der Waals surface area (Å²) in [5.74, 6) is 1.66. The Morgan fingerprint density at radius 1 is 0.949 bits per heavy atom. The third-order valence-corrected chi connectivity index (χ3v) is 8.72. The lowest BCUT2D eigenvalue weighted by Crippen LogP contribution is -2.33. The van der Waals surface area contributed by atoms with Gasteiger partial charge in [0.1, 0.15) is 5.82 Å². The van der Waals surface area contributed by atoms with Gasteiger partial charge in [-0.1, -0.05) is 30.7 Å². The van der Waals surface area contributed by atoms with Crippen LogP contribution < -0.4 is 15.1 Å². The maximum atomic E-state index is 6.96. The van der Waals surface area contributed by atoms with E-state index in [1.54, 1.807) is 0 Å². The van der Waals surface area contributed by atoms with Gasteiger partial charge in [-0.25, -0.2) is 4.98 Å². The predicted octanol–water partition coefficient (Wildman–Crippen LogP) is 6.95. The largest absolute Gasteiger partial charge is 0.370 e. The molecule has 6 nitrogen and oxygen atoms in total. The second-order valence-corrected chi connectivity index (χ2v) is 11.4. The highest BCUT2D eigenvalue weighted by atomic mass is 35.5. The summed E-state index contributed by atoms with van der Waals surface area (Å²) in [5, 5.41) is 5.00. The molecule has 8 heteroatoms. The van der Waals surface area contributed by atoms with Crippen molar-refractivity contribution in [2.75, 3.05) is 22.9 Å². The number of piperidine rings is 1. The maximum Gasteiger partial charge on any atom is 0.174 e. The number of aromatic nitrogens is 3. The SMILES string of the molecule is Cc1cc(C2C(c3ccccn3)NC(=S)N2c2ccc(N3CCC(C)CC3)c(Cl)c2)c(C)n1-c1ccccn1. The van der Waals surface area contributed by atoms with Crippen LogP contribution in [0.4, 0.5) is 11.4 Å². The lowest BCUT2D eigenvalue weighted by Gasteiger charge is -2.33. The monoisotopic (exact) mass is 556 g/mol. The van der Waals surface area contributed by atoms with Crippen LogP contribution in [0.15, 0.2) is 73.1 Å². The Bertz CT molecular complexity index is 1480. The second-order valence-electron chi connectivity index (χ2n) is 10.7. The molecule has 0 aliphatic carbocycles. The summed E-state index contributed by atoms with van der Waals surface area (Å²) in [6.07, 6.45) is 6.05. The molecule has 1 aromatic carbocycles. The first-order valence-electron chi connectivity index (χ1n) is 13.6. The number of rotatable bonds is 5. The molecule has 0 saturated carbocycles. The molecule has 0 amide bonds. The Balaban J connectivity index is 1.43. The Kier molecular flexibility index (Phi) is 7.04. The molecule has 2 fully saturated rings. The number of thiocarbonyl (C=S) groups is 1. The van der Waals surface area contributed by atoms with Crippen LogP contribution in [0.2, 0.25) is 5.02 Å². The summed E-state index contributed by atoms with van der Waals surface area (Å²) in [4.78, 5) is 13.9. The zero-order chi connectivity index (χ0) is 27.1. The molecule has 0 spiro atoms. The highest BCUT2D eigenvalue weighted by Crippen LogP contribution is 2.45. The molecule has 2 atom stereocenters. The molecule has 2 aliphatic heterocycles. The van der Waals surface area contributed by atoms with Crippen molar-refractivity contribution >= 4 is 40.3 Å². The number of anilines is 2. The van der Waals surface area contributed by atoms with Gasteiger partial charge in [-0.3, -0.25) is 4.98 Å². The minimum absolute atomic E-state index is 0.117. The van der Waals surface area contributed by atoms with Crippen molar-refractivity contribution in [1.29, 1.82) is 0 Å². The van der Waals surface area contributed by atoms with Gasteiger partial charge in [-0.15, -0.1) is 0 Å². The van der Waals surface area contributed by atoms with Crippen LogP contribution in [0.1, 0.15) is 54.5 Å². The van der Waals surface area contributed by atoms with Crippen LogP contribution in [0, 0.1) is 19.8 Å². The molecule has 2 unspecified atom stereocenters. The van der Waals surface area contributed by atoms with Gasteiger partial charge in [0.25, 0.3) is 0 Å². The van der Waals surface area contributed by atoms with Crippen molar-refractivity contribution in [1.82, 2.24) is 19.9 Å². The summed E-state index contributed by atoms with van der Waals surface area (Å²) in [6.45, 7) is 8.67. The van der Waals surface area contributed by atoms with Crippen molar-refractivity contribution in [3.8, 4) is 5.82 Å². The van der Waals surface area contributed by atoms with Gasteiger partial charge in [0.15, 0.2) is 5.11 Å². The van der Waals surface area contributed by atoms with E-state index in [4.69, 9.17) is 28.8 Å². The smallest absolute Gasteiger partial charge is 0.174 e. The summed E-state index contributed by atoms with van der Waals surface area (Å²) in [7, 11) is 0. The second kappa shape index (κ2) is 10.6.